The highest BCUT2D eigenvalue weighted by Crippen LogP contribution is 2.35. The average Bonchev–Trinajstić information content (AvgIpc) is 2.77. The number of nitrogens with zero attached hydrogens (tertiary/aromatic N) is 2. The Kier molecular flexibility index (Phi) is 4.73. The van der Waals surface area contributed by atoms with Crippen molar-refractivity contribution in [3.05, 3.63) is 0 Å². The molecule has 1 unspecified atom stereocenters. The van der Waals surface area contributed by atoms with Gasteiger partial charge in [0.25, 0.3) is 0 Å². The van der Waals surface area contributed by atoms with Gasteiger partial charge in [0.2, 0.25) is 11.8 Å². The first kappa shape index (κ1) is 15.0. The summed E-state index contributed by atoms with van der Waals surface area (Å²) in [6.07, 6.45) is 0.851. The Morgan fingerprint density at radius 1 is 1.28 bits per heavy atom. The molecule has 5 heteroatoms. The summed E-state index contributed by atoms with van der Waals surface area (Å²) in [6, 6.07) is 0. The van der Waals surface area contributed by atoms with Gasteiger partial charge in [-0.3, -0.25) is 9.59 Å². The third kappa shape index (κ3) is 2.83. The van der Waals surface area contributed by atoms with Crippen LogP contribution in [0.15, 0.2) is 0 Å². The molecule has 0 aromatic rings. The lowest BCUT2D eigenvalue weighted by molar-refractivity contribution is -0.146. The van der Waals surface area contributed by atoms with Crippen LogP contribution in [0.1, 0.15) is 20.3 Å². The largest absolute Gasteiger partial charge is 0.347 e. The minimum atomic E-state index is -0.346. The first-order valence-corrected chi connectivity index (χ1v) is 6.47. The van der Waals surface area contributed by atoms with Crippen molar-refractivity contribution in [1.82, 2.24) is 15.1 Å². The molecule has 104 valence electrons. The molecule has 0 radical (unpaired) electrons. The fourth-order valence-corrected chi connectivity index (χ4v) is 2.43. The molecule has 0 aromatic carbocycles. The van der Waals surface area contributed by atoms with Crippen molar-refractivity contribution in [1.29, 1.82) is 0 Å². The van der Waals surface area contributed by atoms with Crippen LogP contribution in [0.5, 0.6) is 0 Å². The second kappa shape index (κ2) is 5.69. The number of carbonyl (C=O) groups excluding carboxylic acids is 2. The van der Waals surface area contributed by atoms with Crippen LogP contribution in [0.3, 0.4) is 0 Å². The maximum Gasteiger partial charge on any atom is 0.241 e. The predicted molar refractivity (Wildman–Crippen MR) is 71.1 cm³/mol. The van der Waals surface area contributed by atoms with Crippen LogP contribution in [0.2, 0.25) is 0 Å². The van der Waals surface area contributed by atoms with Gasteiger partial charge in [0, 0.05) is 27.7 Å². The predicted octanol–water partition coefficient (Wildman–Crippen LogP) is 0.169. The molecule has 1 aliphatic rings. The number of hydrogen-bond donors (Lipinski definition) is 1. The topological polar surface area (TPSA) is 52.7 Å². The zero-order valence-electron chi connectivity index (χ0n) is 12.1. The number of likely N-dealkylation sites (N-methyl/N-ethyl adjacent to an activating group) is 2. The van der Waals surface area contributed by atoms with Gasteiger partial charge in [-0.25, -0.2) is 0 Å². The summed E-state index contributed by atoms with van der Waals surface area (Å²) in [5.41, 5.74) is -0.346. The SMILES string of the molecule is CC(C)C1(C(=O)N(C)CC(=O)N(C)C)CCNC1. The zero-order chi connectivity index (χ0) is 13.9. The van der Waals surface area contributed by atoms with Gasteiger partial charge >= 0.3 is 0 Å². The van der Waals surface area contributed by atoms with Gasteiger partial charge in [-0.2, -0.15) is 0 Å². The van der Waals surface area contributed by atoms with Gasteiger partial charge in [0.05, 0.1) is 12.0 Å². The summed E-state index contributed by atoms with van der Waals surface area (Å²) in [4.78, 5) is 27.3. The molecule has 1 rings (SSSR count). The lowest BCUT2D eigenvalue weighted by Gasteiger charge is -2.35. The van der Waals surface area contributed by atoms with Crippen molar-refractivity contribution in [2.24, 2.45) is 11.3 Å². The summed E-state index contributed by atoms with van der Waals surface area (Å²) >= 11 is 0. The van der Waals surface area contributed by atoms with Gasteiger partial charge in [0.1, 0.15) is 0 Å². The summed E-state index contributed by atoms with van der Waals surface area (Å²) in [5.74, 6) is 0.310. The monoisotopic (exact) mass is 255 g/mol. The summed E-state index contributed by atoms with van der Waals surface area (Å²) < 4.78 is 0. The summed E-state index contributed by atoms with van der Waals surface area (Å²) in [7, 11) is 5.12. The molecule has 2 amide bonds. The highest BCUT2D eigenvalue weighted by molar-refractivity contribution is 5.88. The Morgan fingerprint density at radius 3 is 2.28 bits per heavy atom. The van der Waals surface area contributed by atoms with E-state index in [0.29, 0.717) is 6.54 Å². The van der Waals surface area contributed by atoms with E-state index in [4.69, 9.17) is 0 Å². The van der Waals surface area contributed by atoms with Crippen molar-refractivity contribution in [3.8, 4) is 0 Å². The Labute approximate surface area is 110 Å². The van der Waals surface area contributed by atoms with Crippen LogP contribution >= 0.6 is 0 Å². The normalized spacial score (nSPS) is 23.2. The average molecular weight is 255 g/mol. The zero-order valence-corrected chi connectivity index (χ0v) is 12.1. The van der Waals surface area contributed by atoms with Crippen LogP contribution in [-0.4, -0.2) is 62.4 Å². The minimum Gasteiger partial charge on any atom is -0.347 e. The molecule has 1 aliphatic heterocycles. The van der Waals surface area contributed by atoms with E-state index >= 15 is 0 Å². The standard InChI is InChI=1S/C13H25N3O2/c1-10(2)13(6-7-14-9-13)12(18)16(5)8-11(17)15(3)4/h10,14H,6-9H2,1-5H3. The number of carbonyl (C=O) groups is 2. The first-order chi connectivity index (χ1) is 8.31. The van der Waals surface area contributed by atoms with Gasteiger partial charge in [-0.1, -0.05) is 13.8 Å². The van der Waals surface area contributed by atoms with Gasteiger partial charge < -0.3 is 15.1 Å². The highest BCUT2D eigenvalue weighted by atomic mass is 16.2. The fourth-order valence-electron chi connectivity index (χ4n) is 2.43. The van der Waals surface area contributed by atoms with E-state index in [0.717, 1.165) is 13.0 Å². The van der Waals surface area contributed by atoms with Gasteiger partial charge in [-0.15, -0.1) is 0 Å². The Hall–Kier alpha value is -1.10. The van der Waals surface area contributed by atoms with E-state index in [1.54, 1.807) is 26.0 Å². The second-order valence-electron chi connectivity index (χ2n) is 5.69. The lowest BCUT2D eigenvalue weighted by atomic mass is 9.75. The van der Waals surface area contributed by atoms with E-state index in [-0.39, 0.29) is 29.7 Å². The molecule has 0 saturated carbocycles. The smallest absolute Gasteiger partial charge is 0.241 e. The molecule has 0 spiro atoms. The molecule has 1 heterocycles. The van der Waals surface area contributed by atoms with Crippen LogP contribution in [0.25, 0.3) is 0 Å². The van der Waals surface area contributed by atoms with Crippen molar-refractivity contribution >= 4 is 11.8 Å². The first-order valence-electron chi connectivity index (χ1n) is 6.47. The molecule has 5 nitrogen and oxygen atoms in total. The molecule has 1 N–H and O–H groups in total. The van der Waals surface area contributed by atoms with Crippen LogP contribution < -0.4 is 5.32 Å². The van der Waals surface area contributed by atoms with E-state index in [9.17, 15) is 9.59 Å². The van der Waals surface area contributed by atoms with Crippen LogP contribution in [-0.2, 0) is 9.59 Å². The molecular formula is C13H25N3O2. The number of nitrogens with one attached hydrogen (secondary N) is 1. The minimum absolute atomic E-state index is 0.0456. The molecular weight excluding hydrogens is 230 g/mol. The van der Waals surface area contributed by atoms with Crippen molar-refractivity contribution < 1.29 is 9.59 Å². The van der Waals surface area contributed by atoms with Crippen molar-refractivity contribution in [2.45, 2.75) is 20.3 Å². The summed E-state index contributed by atoms with van der Waals surface area (Å²) in [5, 5.41) is 3.26. The Bertz CT molecular complexity index is 320. The lowest BCUT2D eigenvalue weighted by Crippen LogP contribution is -2.49. The van der Waals surface area contributed by atoms with Gasteiger partial charge in [-0.05, 0) is 18.9 Å². The fraction of sp³-hybridized carbons (Fsp3) is 0.846. The van der Waals surface area contributed by atoms with Crippen molar-refractivity contribution in [3.63, 3.8) is 0 Å². The number of amides is 2. The second-order valence-corrected chi connectivity index (χ2v) is 5.69. The Morgan fingerprint density at radius 2 is 1.89 bits per heavy atom. The van der Waals surface area contributed by atoms with Crippen LogP contribution in [0.4, 0.5) is 0 Å². The quantitative estimate of drug-likeness (QED) is 0.779. The maximum atomic E-state index is 12.6. The number of rotatable bonds is 4. The van der Waals surface area contributed by atoms with E-state index in [1.165, 1.54) is 4.90 Å². The molecule has 0 bridgehead atoms. The molecule has 1 saturated heterocycles. The van der Waals surface area contributed by atoms with E-state index in [1.807, 2.05) is 0 Å². The third-order valence-corrected chi connectivity index (χ3v) is 3.94. The molecule has 1 atom stereocenters. The highest BCUT2D eigenvalue weighted by Gasteiger charge is 2.45. The number of hydrogen-bond acceptors (Lipinski definition) is 3. The molecule has 18 heavy (non-hydrogen) atoms. The van der Waals surface area contributed by atoms with Gasteiger partial charge in [0.15, 0.2) is 0 Å². The van der Waals surface area contributed by atoms with E-state index < -0.39 is 0 Å². The summed E-state index contributed by atoms with van der Waals surface area (Å²) in [6.45, 7) is 5.89. The van der Waals surface area contributed by atoms with Crippen molar-refractivity contribution in [2.75, 3.05) is 40.8 Å². The van der Waals surface area contributed by atoms with E-state index in [2.05, 4.69) is 19.2 Å². The molecule has 0 aromatic heterocycles. The maximum absolute atomic E-state index is 12.6. The van der Waals surface area contributed by atoms with Crippen LogP contribution in [0, 0.1) is 11.3 Å². The third-order valence-electron chi connectivity index (χ3n) is 3.94. The molecule has 0 aliphatic carbocycles. The molecule has 1 fully saturated rings. The Balaban J connectivity index is 2.75.